The van der Waals surface area contributed by atoms with E-state index in [2.05, 4.69) is 46.9 Å². The first-order valence-electron chi connectivity index (χ1n) is 4.73. The number of hydrogen-bond acceptors (Lipinski definition) is 2. The van der Waals surface area contributed by atoms with Crippen LogP contribution in [0.4, 0.5) is 0 Å². The SMILES string of the molecule is COc1cc(C)c2cc(Br)cc(C)c2n1. The molecule has 0 aliphatic heterocycles. The third-order valence-electron chi connectivity index (χ3n) is 2.46. The van der Waals surface area contributed by atoms with Gasteiger partial charge >= 0.3 is 0 Å². The summed E-state index contributed by atoms with van der Waals surface area (Å²) in [5, 5.41) is 1.17. The number of hydrogen-bond donors (Lipinski definition) is 0. The Bertz CT molecular complexity index is 523. The van der Waals surface area contributed by atoms with Crippen LogP contribution in [0.3, 0.4) is 0 Å². The quantitative estimate of drug-likeness (QED) is 0.786. The third-order valence-corrected chi connectivity index (χ3v) is 2.92. The van der Waals surface area contributed by atoms with E-state index in [1.807, 2.05) is 6.07 Å². The molecule has 1 heterocycles. The molecule has 78 valence electrons. The summed E-state index contributed by atoms with van der Waals surface area (Å²) < 4.78 is 6.25. The fourth-order valence-electron chi connectivity index (χ4n) is 1.69. The molecule has 0 N–H and O–H groups in total. The van der Waals surface area contributed by atoms with Crippen molar-refractivity contribution >= 4 is 26.8 Å². The molecule has 0 fully saturated rings. The molecule has 0 unspecified atom stereocenters. The number of methoxy groups -OCH3 is 1. The topological polar surface area (TPSA) is 22.1 Å². The van der Waals surface area contributed by atoms with Crippen LogP contribution in [0.25, 0.3) is 10.9 Å². The van der Waals surface area contributed by atoms with Crippen molar-refractivity contribution in [3.63, 3.8) is 0 Å². The largest absolute Gasteiger partial charge is 0.481 e. The second-order valence-corrected chi connectivity index (χ2v) is 4.52. The van der Waals surface area contributed by atoms with E-state index in [0.717, 1.165) is 15.6 Å². The second-order valence-electron chi connectivity index (χ2n) is 3.60. The molecular formula is C12H12BrNO. The van der Waals surface area contributed by atoms with Crippen LogP contribution in [0.15, 0.2) is 22.7 Å². The average Bonchev–Trinajstić information content (AvgIpc) is 2.19. The molecule has 2 nitrogen and oxygen atoms in total. The van der Waals surface area contributed by atoms with Crippen molar-refractivity contribution in [1.82, 2.24) is 4.98 Å². The molecule has 2 rings (SSSR count). The van der Waals surface area contributed by atoms with E-state index >= 15 is 0 Å². The Hall–Kier alpha value is -1.09. The summed E-state index contributed by atoms with van der Waals surface area (Å²) in [4.78, 5) is 4.45. The number of nitrogens with zero attached hydrogens (tertiary/aromatic N) is 1. The standard InChI is InChI=1S/C12H12BrNO/c1-7-5-11(15-3)14-12-8(2)4-9(13)6-10(7)12/h4-6H,1-3H3. The Kier molecular flexibility index (Phi) is 2.65. The highest BCUT2D eigenvalue weighted by Gasteiger charge is 2.06. The summed E-state index contributed by atoms with van der Waals surface area (Å²) in [5.74, 6) is 0.672. The summed E-state index contributed by atoms with van der Waals surface area (Å²) in [6, 6.07) is 6.10. The van der Waals surface area contributed by atoms with Crippen molar-refractivity contribution in [3.8, 4) is 5.88 Å². The molecule has 0 amide bonds. The molecule has 0 spiro atoms. The number of rotatable bonds is 1. The molecule has 1 aromatic heterocycles. The summed E-state index contributed by atoms with van der Waals surface area (Å²) >= 11 is 3.49. The first-order chi connectivity index (χ1) is 7.11. The van der Waals surface area contributed by atoms with Crippen molar-refractivity contribution < 1.29 is 4.74 Å². The maximum atomic E-state index is 5.17. The molecule has 0 aliphatic rings. The van der Waals surface area contributed by atoms with E-state index in [1.165, 1.54) is 10.9 Å². The van der Waals surface area contributed by atoms with Crippen LogP contribution in [0.5, 0.6) is 5.88 Å². The minimum absolute atomic E-state index is 0.672. The van der Waals surface area contributed by atoms with Crippen LogP contribution in [0.1, 0.15) is 11.1 Å². The third kappa shape index (κ3) is 1.84. The fourth-order valence-corrected chi connectivity index (χ4v) is 2.27. The number of halogens is 1. The fraction of sp³-hybridized carbons (Fsp3) is 0.250. The van der Waals surface area contributed by atoms with Crippen LogP contribution in [-0.4, -0.2) is 12.1 Å². The lowest BCUT2D eigenvalue weighted by Crippen LogP contribution is -1.92. The van der Waals surface area contributed by atoms with E-state index in [1.54, 1.807) is 7.11 Å². The first-order valence-corrected chi connectivity index (χ1v) is 5.52. The molecule has 15 heavy (non-hydrogen) atoms. The van der Waals surface area contributed by atoms with Gasteiger partial charge in [0.1, 0.15) is 0 Å². The number of fused-ring (bicyclic) bond motifs is 1. The van der Waals surface area contributed by atoms with Gasteiger partial charge in [0, 0.05) is 15.9 Å². The van der Waals surface area contributed by atoms with Gasteiger partial charge in [-0.25, -0.2) is 4.98 Å². The predicted molar refractivity (Wildman–Crippen MR) is 65.5 cm³/mol. The number of aromatic nitrogens is 1. The average molecular weight is 266 g/mol. The highest BCUT2D eigenvalue weighted by molar-refractivity contribution is 9.10. The molecule has 0 atom stereocenters. The molecule has 2 aromatic rings. The van der Waals surface area contributed by atoms with Crippen LogP contribution in [-0.2, 0) is 0 Å². The van der Waals surface area contributed by atoms with Crippen molar-refractivity contribution in [1.29, 1.82) is 0 Å². The maximum Gasteiger partial charge on any atom is 0.213 e. The Morgan fingerprint density at radius 1 is 1.13 bits per heavy atom. The van der Waals surface area contributed by atoms with Crippen LogP contribution < -0.4 is 4.74 Å². The molecule has 0 saturated heterocycles. The summed E-state index contributed by atoms with van der Waals surface area (Å²) in [7, 11) is 1.64. The highest BCUT2D eigenvalue weighted by atomic mass is 79.9. The monoisotopic (exact) mass is 265 g/mol. The van der Waals surface area contributed by atoms with Gasteiger partial charge in [0.2, 0.25) is 5.88 Å². The number of aryl methyl sites for hydroxylation is 2. The van der Waals surface area contributed by atoms with Crippen LogP contribution in [0.2, 0.25) is 0 Å². The zero-order chi connectivity index (χ0) is 11.0. The zero-order valence-electron chi connectivity index (χ0n) is 8.97. The lowest BCUT2D eigenvalue weighted by molar-refractivity contribution is 0.399. The Morgan fingerprint density at radius 2 is 1.87 bits per heavy atom. The molecule has 0 saturated carbocycles. The molecule has 3 heteroatoms. The number of ether oxygens (including phenoxy) is 1. The van der Waals surface area contributed by atoms with Gasteiger partial charge < -0.3 is 4.74 Å². The van der Waals surface area contributed by atoms with Crippen LogP contribution in [0, 0.1) is 13.8 Å². The predicted octanol–water partition coefficient (Wildman–Crippen LogP) is 3.62. The van der Waals surface area contributed by atoms with Gasteiger partial charge in [-0.2, -0.15) is 0 Å². The normalized spacial score (nSPS) is 10.7. The molecule has 0 radical (unpaired) electrons. The summed E-state index contributed by atoms with van der Waals surface area (Å²) in [6.45, 7) is 4.12. The van der Waals surface area contributed by atoms with Gasteiger partial charge in [0.15, 0.2) is 0 Å². The summed E-state index contributed by atoms with van der Waals surface area (Å²) in [6.07, 6.45) is 0. The van der Waals surface area contributed by atoms with Crippen molar-refractivity contribution in [2.45, 2.75) is 13.8 Å². The van der Waals surface area contributed by atoms with E-state index in [9.17, 15) is 0 Å². The lowest BCUT2D eigenvalue weighted by Gasteiger charge is -2.08. The Balaban J connectivity index is 2.85. The molecule has 1 aromatic carbocycles. The molecular weight excluding hydrogens is 254 g/mol. The molecule has 0 bridgehead atoms. The van der Waals surface area contributed by atoms with E-state index in [4.69, 9.17) is 4.74 Å². The number of pyridine rings is 1. The van der Waals surface area contributed by atoms with Gasteiger partial charge in [0.05, 0.1) is 12.6 Å². The highest BCUT2D eigenvalue weighted by Crippen LogP contribution is 2.27. The number of benzene rings is 1. The van der Waals surface area contributed by atoms with Crippen LogP contribution >= 0.6 is 15.9 Å². The van der Waals surface area contributed by atoms with Crippen molar-refractivity contribution in [2.24, 2.45) is 0 Å². The Labute approximate surface area is 97.4 Å². The van der Waals surface area contributed by atoms with Gasteiger partial charge in [0.25, 0.3) is 0 Å². The van der Waals surface area contributed by atoms with Gasteiger partial charge in [-0.15, -0.1) is 0 Å². The minimum Gasteiger partial charge on any atom is -0.481 e. The smallest absolute Gasteiger partial charge is 0.213 e. The minimum atomic E-state index is 0.672. The van der Waals surface area contributed by atoms with E-state index in [-0.39, 0.29) is 0 Å². The lowest BCUT2D eigenvalue weighted by atomic mass is 10.1. The van der Waals surface area contributed by atoms with Gasteiger partial charge in [-0.05, 0) is 37.1 Å². The van der Waals surface area contributed by atoms with Gasteiger partial charge in [-0.1, -0.05) is 15.9 Å². The Morgan fingerprint density at radius 3 is 2.53 bits per heavy atom. The van der Waals surface area contributed by atoms with E-state index < -0.39 is 0 Å². The maximum absolute atomic E-state index is 5.17. The van der Waals surface area contributed by atoms with E-state index in [0.29, 0.717) is 5.88 Å². The second kappa shape index (κ2) is 3.81. The molecule has 0 aliphatic carbocycles. The first kappa shape index (κ1) is 10.4. The van der Waals surface area contributed by atoms with Crippen molar-refractivity contribution in [2.75, 3.05) is 7.11 Å². The zero-order valence-corrected chi connectivity index (χ0v) is 10.6. The summed E-state index contributed by atoms with van der Waals surface area (Å²) in [5.41, 5.74) is 3.35. The van der Waals surface area contributed by atoms with Crippen molar-refractivity contribution in [3.05, 3.63) is 33.8 Å². The van der Waals surface area contributed by atoms with Gasteiger partial charge in [-0.3, -0.25) is 0 Å².